The summed E-state index contributed by atoms with van der Waals surface area (Å²) >= 11 is 0. The van der Waals surface area contributed by atoms with Gasteiger partial charge in [-0.1, -0.05) is 49.8 Å². The van der Waals surface area contributed by atoms with Crippen LogP contribution < -0.4 is 9.56 Å². The van der Waals surface area contributed by atoms with Gasteiger partial charge >= 0.3 is 5.25 Å². The van der Waals surface area contributed by atoms with Gasteiger partial charge in [-0.2, -0.15) is 13.3 Å². The number of nitrogens with one attached hydrogen (secondary N) is 1. The highest BCUT2D eigenvalue weighted by Crippen LogP contribution is 2.27. The molecule has 1 aromatic heterocycles. The minimum absolute atomic E-state index is 0.0532. The molecule has 0 aliphatic carbocycles. The number of aromatic nitrogens is 1. The van der Waals surface area contributed by atoms with Gasteiger partial charge < -0.3 is 0 Å². The van der Waals surface area contributed by atoms with Crippen molar-refractivity contribution in [2.45, 2.75) is 67.2 Å². The molecule has 0 saturated carbocycles. The van der Waals surface area contributed by atoms with E-state index in [1.165, 1.54) is 27.8 Å². The van der Waals surface area contributed by atoms with Crippen molar-refractivity contribution in [3.05, 3.63) is 72.0 Å². The number of allylic oxidation sites excluding steroid dienone is 5. The van der Waals surface area contributed by atoms with Crippen molar-refractivity contribution in [2.24, 2.45) is 5.41 Å². The van der Waals surface area contributed by atoms with Crippen LogP contribution in [0, 0.1) is 18.3 Å². The van der Waals surface area contributed by atoms with Crippen LogP contribution in [0.25, 0.3) is 17.0 Å². The lowest BCUT2D eigenvalue weighted by Crippen LogP contribution is -2.70. The zero-order chi connectivity index (χ0) is 29.2. The number of benzene rings is 1. The van der Waals surface area contributed by atoms with E-state index in [2.05, 4.69) is 117 Å². The minimum atomic E-state index is -3.03. The molecule has 1 heterocycles. The molecular formula is C31H46F2N2OS+2. The first kappa shape index (κ1) is 36.2. The Labute approximate surface area is 226 Å². The summed E-state index contributed by atoms with van der Waals surface area (Å²) in [4.78, 5) is 3.39. The smallest absolute Gasteiger partial charge is 0.254 e. The maximum absolute atomic E-state index is 11.5. The largest absolute Gasteiger partial charge is 0.318 e. The second kappa shape index (κ2) is 18.4. The summed E-state index contributed by atoms with van der Waals surface area (Å²) in [7, 11) is -0.0192. The van der Waals surface area contributed by atoms with Crippen molar-refractivity contribution in [1.82, 2.24) is 0 Å². The van der Waals surface area contributed by atoms with E-state index in [1.54, 1.807) is 0 Å². The molecule has 1 atom stereocenters. The molecular weight excluding hydrogens is 486 g/mol. The second-order valence-electron chi connectivity index (χ2n) is 8.38. The lowest BCUT2D eigenvalue weighted by Gasteiger charge is -2.22. The Morgan fingerprint density at radius 2 is 1.70 bits per heavy atom. The SMILES string of the molecule is C#C.C/C=C\C=C(/C)C(C)(C)C(/C=C/c1cc2ccccc2[n+](CC)c1)=[NH+]C.CC.CS(=O)C(C)(F)F. The Kier molecular flexibility index (Phi) is 18.0. The van der Waals surface area contributed by atoms with Crippen LogP contribution in [0.4, 0.5) is 8.78 Å². The first-order valence-electron chi connectivity index (χ1n) is 12.4. The van der Waals surface area contributed by atoms with Crippen LogP contribution in [0.3, 0.4) is 0 Å². The maximum Gasteiger partial charge on any atom is 0.318 e. The second-order valence-corrected chi connectivity index (χ2v) is 10.0. The van der Waals surface area contributed by atoms with E-state index in [4.69, 9.17) is 0 Å². The van der Waals surface area contributed by atoms with Gasteiger partial charge in [0.15, 0.2) is 11.9 Å². The van der Waals surface area contributed by atoms with Crippen LogP contribution in [-0.2, 0) is 17.3 Å². The molecule has 2 rings (SSSR count). The third kappa shape index (κ3) is 12.3. The number of terminal acetylenes is 1. The van der Waals surface area contributed by atoms with Crippen LogP contribution in [0.5, 0.6) is 0 Å². The van der Waals surface area contributed by atoms with Crippen molar-refractivity contribution < 1.29 is 22.5 Å². The molecule has 37 heavy (non-hydrogen) atoms. The van der Waals surface area contributed by atoms with E-state index in [-0.39, 0.29) is 5.41 Å². The number of hydrogen-bond donors (Lipinski definition) is 1. The number of nitrogens with zero attached hydrogens (tertiary/aromatic N) is 1. The van der Waals surface area contributed by atoms with Crippen molar-refractivity contribution in [3.63, 3.8) is 0 Å². The Morgan fingerprint density at radius 3 is 2.16 bits per heavy atom. The minimum Gasteiger partial charge on any atom is -0.254 e. The van der Waals surface area contributed by atoms with Gasteiger partial charge in [-0.3, -0.25) is 4.21 Å². The van der Waals surface area contributed by atoms with Crippen molar-refractivity contribution in [2.75, 3.05) is 13.3 Å². The van der Waals surface area contributed by atoms with Gasteiger partial charge in [0.1, 0.15) is 13.6 Å². The summed E-state index contributed by atoms with van der Waals surface area (Å²) in [5.41, 5.74) is 4.96. The molecule has 0 radical (unpaired) electrons. The molecule has 1 N–H and O–H groups in total. The molecule has 0 spiro atoms. The molecule has 204 valence electrons. The molecule has 3 nitrogen and oxygen atoms in total. The predicted octanol–water partition coefficient (Wildman–Crippen LogP) is 6.11. The molecule has 1 aromatic carbocycles. The van der Waals surface area contributed by atoms with Gasteiger partial charge in [0.2, 0.25) is 5.52 Å². The van der Waals surface area contributed by atoms with Gasteiger partial charge in [-0.25, -0.2) is 4.99 Å². The van der Waals surface area contributed by atoms with E-state index in [9.17, 15) is 13.0 Å². The number of halogens is 2. The normalized spacial score (nSPS) is 13.2. The fraction of sp³-hybridized carbons (Fsp3) is 0.419. The average Bonchev–Trinajstić information content (AvgIpc) is 2.89. The Hall–Kier alpha value is -2.91. The third-order valence-corrected chi connectivity index (χ3v) is 6.64. The molecule has 0 amide bonds. The maximum atomic E-state index is 11.5. The van der Waals surface area contributed by atoms with Crippen LogP contribution in [-0.4, -0.2) is 28.5 Å². The Balaban J connectivity index is 0. The first-order chi connectivity index (χ1) is 17.4. The predicted molar refractivity (Wildman–Crippen MR) is 159 cm³/mol. The van der Waals surface area contributed by atoms with Gasteiger partial charge in [0.05, 0.1) is 16.2 Å². The highest BCUT2D eigenvalue weighted by atomic mass is 32.2. The van der Waals surface area contributed by atoms with E-state index in [0.29, 0.717) is 6.92 Å². The molecule has 0 bridgehead atoms. The molecule has 6 heteroatoms. The lowest BCUT2D eigenvalue weighted by atomic mass is 9.79. The Bertz CT molecular complexity index is 1120. The summed E-state index contributed by atoms with van der Waals surface area (Å²) < 4.78 is 35.2. The van der Waals surface area contributed by atoms with Crippen LogP contribution in [0.15, 0.2) is 66.4 Å². The van der Waals surface area contributed by atoms with Crippen molar-refractivity contribution >= 4 is 33.5 Å². The zero-order valence-corrected chi connectivity index (χ0v) is 25.0. The number of aryl methyl sites for hydroxylation is 1. The molecule has 2 aromatic rings. The highest BCUT2D eigenvalue weighted by Gasteiger charge is 2.29. The summed E-state index contributed by atoms with van der Waals surface area (Å²) in [5.74, 6) is 0. The summed E-state index contributed by atoms with van der Waals surface area (Å²) in [6.45, 7) is 16.5. The van der Waals surface area contributed by atoms with Crippen molar-refractivity contribution in [1.29, 1.82) is 0 Å². The quantitative estimate of drug-likeness (QED) is 0.198. The van der Waals surface area contributed by atoms with E-state index < -0.39 is 16.1 Å². The fourth-order valence-electron chi connectivity index (χ4n) is 3.14. The molecule has 1 unspecified atom stereocenters. The fourth-order valence-corrected chi connectivity index (χ4v) is 3.14. The van der Waals surface area contributed by atoms with Crippen LogP contribution in [0.2, 0.25) is 0 Å². The Morgan fingerprint density at radius 1 is 1.16 bits per heavy atom. The molecule has 0 saturated heterocycles. The number of fused-ring (bicyclic) bond motifs is 1. The average molecular weight is 533 g/mol. The lowest BCUT2D eigenvalue weighted by molar-refractivity contribution is -0.667. The van der Waals surface area contributed by atoms with Gasteiger partial charge in [-0.05, 0) is 52.8 Å². The zero-order valence-electron chi connectivity index (χ0n) is 24.2. The third-order valence-electron chi connectivity index (χ3n) is 5.63. The summed E-state index contributed by atoms with van der Waals surface area (Å²) in [5, 5.41) is -1.76. The molecule has 0 aliphatic rings. The van der Waals surface area contributed by atoms with E-state index in [1.807, 2.05) is 27.8 Å². The summed E-state index contributed by atoms with van der Waals surface area (Å²) in [6, 6.07) is 10.8. The van der Waals surface area contributed by atoms with E-state index in [0.717, 1.165) is 12.8 Å². The number of rotatable bonds is 7. The first-order valence-corrected chi connectivity index (χ1v) is 13.9. The number of pyridine rings is 1. The number of para-hydroxylation sites is 1. The van der Waals surface area contributed by atoms with Gasteiger partial charge in [-0.15, -0.1) is 12.8 Å². The van der Waals surface area contributed by atoms with Gasteiger partial charge in [0, 0.05) is 36.3 Å². The standard InChI is InChI=1S/C24H31N2.C3H6F2OS.C2H6.C2H2/c1-7-9-12-19(3)24(4,5)23(25-6)16-15-20-17-21-13-10-11-14-22(21)26(8-2)18-20;1-3(4,5)7(2)6;2*1-2/h7,9-18H,8H2,1-6H3;1-2H3;1-2H3;1-2H/q+1;;;/p+1/b9-7-,16-15+,19-12+,25-23?;;;. The van der Waals surface area contributed by atoms with Crippen LogP contribution in [0.1, 0.15) is 61.0 Å². The van der Waals surface area contributed by atoms with Gasteiger partial charge in [0.25, 0.3) is 0 Å². The van der Waals surface area contributed by atoms with Crippen molar-refractivity contribution in [3.8, 4) is 12.8 Å². The number of hydrogen-bond acceptors (Lipinski definition) is 1. The number of alkyl halides is 2. The molecule has 0 fully saturated rings. The topological polar surface area (TPSA) is 34.9 Å². The summed E-state index contributed by atoms with van der Waals surface area (Å²) in [6.07, 6.45) is 22.0. The van der Waals surface area contributed by atoms with Crippen LogP contribution >= 0.6 is 0 Å². The monoisotopic (exact) mass is 532 g/mol. The highest BCUT2D eigenvalue weighted by molar-refractivity contribution is 7.85. The van der Waals surface area contributed by atoms with E-state index >= 15 is 0 Å². The molecule has 0 aliphatic heterocycles.